The summed E-state index contributed by atoms with van der Waals surface area (Å²) in [6.07, 6.45) is 9.20. The Kier molecular flexibility index (Phi) is 4.71. The fourth-order valence-electron chi connectivity index (χ4n) is 5.73. The zero-order chi connectivity index (χ0) is 18.3. The number of hydrogen-bond donors (Lipinski definition) is 0. The molecule has 26 heavy (non-hydrogen) atoms. The second-order valence-corrected chi connectivity index (χ2v) is 9.39. The van der Waals surface area contributed by atoms with Crippen LogP contribution in [-0.2, 0) is 24.7 Å². The maximum Gasteiger partial charge on any atom is -0.00320 e. The van der Waals surface area contributed by atoms with Crippen LogP contribution in [-0.4, -0.2) is 0 Å². The topological polar surface area (TPSA) is 0 Å². The molecular formula is C26H34. The van der Waals surface area contributed by atoms with E-state index in [0.29, 0.717) is 11.8 Å². The minimum absolute atomic E-state index is 0.202. The van der Waals surface area contributed by atoms with Crippen molar-refractivity contribution in [3.63, 3.8) is 0 Å². The van der Waals surface area contributed by atoms with Crippen molar-refractivity contribution in [2.45, 2.75) is 89.9 Å². The van der Waals surface area contributed by atoms with Gasteiger partial charge >= 0.3 is 0 Å². The molecule has 0 N–H and O–H groups in total. The van der Waals surface area contributed by atoms with E-state index in [-0.39, 0.29) is 5.41 Å². The summed E-state index contributed by atoms with van der Waals surface area (Å²) < 4.78 is 0. The Morgan fingerprint density at radius 2 is 1.58 bits per heavy atom. The normalized spacial score (nSPS) is 20.0. The molecule has 0 radical (unpaired) electrons. The Labute approximate surface area is 160 Å². The van der Waals surface area contributed by atoms with Crippen LogP contribution in [0.1, 0.15) is 98.6 Å². The highest BCUT2D eigenvalue weighted by Crippen LogP contribution is 2.48. The Morgan fingerprint density at radius 3 is 2.35 bits per heavy atom. The van der Waals surface area contributed by atoms with E-state index in [9.17, 15) is 0 Å². The van der Waals surface area contributed by atoms with Gasteiger partial charge in [0.15, 0.2) is 0 Å². The van der Waals surface area contributed by atoms with Crippen LogP contribution in [0, 0.1) is 0 Å². The first-order chi connectivity index (χ1) is 12.5. The summed E-state index contributed by atoms with van der Waals surface area (Å²) in [5.74, 6) is 1.28. The summed E-state index contributed by atoms with van der Waals surface area (Å²) in [4.78, 5) is 0. The minimum Gasteiger partial charge on any atom is -0.0620 e. The maximum absolute atomic E-state index is 2.51. The Balaban J connectivity index is 1.82. The summed E-state index contributed by atoms with van der Waals surface area (Å²) in [5.41, 5.74) is 10.0. The van der Waals surface area contributed by atoms with Crippen LogP contribution < -0.4 is 0 Å². The Hall–Kier alpha value is -1.56. The van der Waals surface area contributed by atoms with Crippen molar-refractivity contribution in [1.82, 2.24) is 0 Å². The molecular weight excluding hydrogens is 312 g/mol. The average Bonchev–Trinajstić information content (AvgIpc) is 2.66. The van der Waals surface area contributed by atoms with Crippen LogP contribution >= 0.6 is 0 Å². The van der Waals surface area contributed by atoms with Gasteiger partial charge in [0.2, 0.25) is 0 Å². The van der Waals surface area contributed by atoms with E-state index in [0.717, 1.165) is 0 Å². The molecule has 0 nitrogen and oxygen atoms in total. The molecule has 2 aliphatic rings. The van der Waals surface area contributed by atoms with Gasteiger partial charge in [0.25, 0.3) is 0 Å². The molecule has 0 heteroatoms. The molecule has 1 unspecified atom stereocenters. The van der Waals surface area contributed by atoms with Crippen molar-refractivity contribution < 1.29 is 0 Å². The van der Waals surface area contributed by atoms with Crippen molar-refractivity contribution >= 4 is 0 Å². The number of fused-ring (bicyclic) bond motifs is 2. The van der Waals surface area contributed by atoms with Crippen LogP contribution in [0.4, 0.5) is 0 Å². The molecule has 0 heterocycles. The predicted octanol–water partition coefficient (Wildman–Crippen LogP) is 7.09. The van der Waals surface area contributed by atoms with E-state index in [1.54, 1.807) is 33.4 Å². The monoisotopic (exact) mass is 346 g/mol. The first-order valence-corrected chi connectivity index (χ1v) is 10.7. The lowest BCUT2D eigenvalue weighted by Crippen LogP contribution is -2.32. The third kappa shape index (κ3) is 2.92. The van der Waals surface area contributed by atoms with Crippen LogP contribution in [0.15, 0.2) is 36.4 Å². The molecule has 2 aromatic carbocycles. The molecule has 0 saturated heterocycles. The van der Waals surface area contributed by atoms with Crippen LogP contribution in [0.25, 0.3) is 0 Å². The van der Waals surface area contributed by atoms with Gasteiger partial charge in [-0.1, -0.05) is 64.1 Å². The highest BCUT2D eigenvalue weighted by molar-refractivity contribution is 5.49. The fourth-order valence-corrected chi connectivity index (χ4v) is 5.73. The lowest BCUT2D eigenvalue weighted by molar-refractivity contribution is 0.363. The van der Waals surface area contributed by atoms with Gasteiger partial charge in [-0.3, -0.25) is 0 Å². The van der Waals surface area contributed by atoms with E-state index in [1.807, 2.05) is 0 Å². The van der Waals surface area contributed by atoms with Gasteiger partial charge in [-0.05, 0) is 95.6 Å². The largest absolute Gasteiger partial charge is 0.0620 e. The first-order valence-electron chi connectivity index (χ1n) is 10.7. The molecule has 0 bridgehead atoms. The second-order valence-electron chi connectivity index (χ2n) is 9.39. The molecule has 0 aliphatic heterocycles. The molecule has 0 amide bonds. The van der Waals surface area contributed by atoms with E-state index in [2.05, 4.69) is 64.1 Å². The Bertz CT molecular complexity index is 794. The summed E-state index contributed by atoms with van der Waals surface area (Å²) in [5, 5.41) is 0. The maximum atomic E-state index is 2.51. The standard InChI is InChI=1S/C26H34/c1-18(2)20-16-17-25(23-14-8-7-13-22(20)23)26(3,4)24-15-9-11-19-10-5-6-12-21(19)24/h5-6,10,12,16-18,24H,7-9,11,13-15H2,1-4H3. The highest BCUT2D eigenvalue weighted by atomic mass is 14.4. The number of hydrogen-bond acceptors (Lipinski definition) is 0. The Morgan fingerprint density at radius 1 is 0.846 bits per heavy atom. The molecule has 0 spiro atoms. The molecule has 2 aliphatic carbocycles. The molecule has 138 valence electrons. The molecule has 2 aromatic rings. The molecule has 4 rings (SSSR count). The van der Waals surface area contributed by atoms with Crippen molar-refractivity contribution in [3.8, 4) is 0 Å². The van der Waals surface area contributed by atoms with Gasteiger partial charge in [0.1, 0.15) is 0 Å². The van der Waals surface area contributed by atoms with E-state index < -0.39 is 0 Å². The number of aryl methyl sites for hydroxylation is 1. The first kappa shape index (κ1) is 17.8. The molecule has 0 aromatic heterocycles. The van der Waals surface area contributed by atoms with Crippen LogP contribution in [0.5, 0.6) is 0 Å². The second kappa shape index (κ2) is 6.87. The zero-order valence-electron chi connectivity index (χ0n) is 17.1. The van der Waals surface area contributed by atoms with Gasteiger partial charge in [-0.15, -0.1) is 0 Å². The van der Waals surface area contributed by atoms with Gasteiger partial charge in [-0.2, -0.15) is 0 Å². The van der Waals surface area contributed by atoms with Crippen LogP contribution in [0.3, 0.4) is 0 Å². The predicted molar refractivity (Wildman–Crippen MR) is 112 cm³/mol. The number of benzene rings is 2. The summed E-state index contributed by atoms with van der Waals surface area (Å²) >= 11 is 0. The number of rotatable bonds is 3. The third-order valence-electron chi connectivity index (χ3n) is 7.13. The quantitative estimate of drug-likeness (QED) is 0.556. The van der Waals surface area contributed by atoms with Gasteiger partial charge in [0.05, 0.1) is 0 Å². The molecule has 0 fully saturated rings. The lowest BCUT2D eigenvalue weighted by Gasteiger charge is -2.41. The zero-order valence-corrected chi connectivity index (χ0v) is 17.1. The molecule has 1 atom stereocenters. The van der Waals surface area contributed by atoms with Crippen LogP contribution in [0.2, 0.25) is 0 Å². The van der Waals surface area contributed by atoms with Crippen molar-refractivity contribution in [2.24, 2.45) is 0 Å². The lowest BCUT2D eigenvalue weighted by atomic mass is 9.63. The third-order valence-corrected chi connectivity index (χ3v) is 7.13. The van der Waals surface area contributed by atoms with E-state index in [1.165, 1.54) is 44.9 Å². The summed E-state index contributed by atoms with van der Waals surface area (Å²) in [6.45, 7) is 9.73. The van der Waals surface area contributed by atoms with Gasteiger partial charge in [-0.25, -0.2) is 0 Å². The van der Waals surface area contributed by atoms with Crippen molar-refractivity contribution in [1.29, 1.82) is 0 Å². The highest BCUT2D eigenvalue weighted by Gasteiger charge is 2.37. The summed E-state index contributed by atoms with van der Waals surface area (Å²) in [7, 11) is 0. The summed E-state index contributed by atoms with van der Waals surface area (Å²) in [6, 6.07) is 14.2. The minimum atomic E-state index is 0.202. The fraction of sp³-hybridized carbons (Fsp3) is 0.538. The van der Waals surface area contributed by atoms with Crippen molar-refractivity contribution in [2.75, 3.05) is 0 Å². The smallest absolute Gasteiger partial charge is 0.00320 e. The average molecular weight is 347 g/mol. The van der Waals surface area contributed by atoms with Crippen molar-refractivity contribution in [3.05, 3.63) is 69.8 Å². The van der Waals surface area contributed by atoms with Gasteiger partial charge < -0.3 is 0 Å². The van der Waals surface area contributed by atoms with Gasteiger partial charge in [0, 0.05) is 0 Å². The van der Waals surface area contributed by atoms with E-state index in [4.69, 9.17) is 0 Å². The molecule has 0 saturated carbocycles. The SMILES string of the molecule is CC(C)c1ccc(C(C)(C)C2CCCc3ccccc32)c2c1CCCC2. The van der Waals surface area contributed by atoms with E-state index >= 15 is 0 Å².